The first kappa shape index (κ1) is 14.3. The molecule has 0 heterocycles. The topological polar surface area (TPSA) is 64.4 Å². The number of rotatable bonds is 5. The Labute approximate surface area is 124 Å². The van der Waals surface area contributed by atoms with Crippen LogP contribution in [0.1, 0.15) is 5.56 Å². The van der Waals surface area contributed by atoms with Crippen molar-refractivity contribution < 1.29 is 9.66 Å². The van der Waals surface area contributed by atoms with Crippen molar-refractivity contribution in [1.29, 1.82) is 0 Å². The molecular formula is C14H13BrN2O3. The summed E-state index contributed by atoms with van der Waals surface area (Å²) in [7, 11) is 1.41. The molecule has 0 bridgehead atoms. The monoisotopic (exact) mass is 336 g/mol. The lowest BCUT2D eigenvalue weighted by molar-refractivity contribution is -0.384. The van der Waals surface area contributed by atoms with Crippen LogP contribution >= 0.6 is 15.9 Å². The van der Waals surface area contributed by atoms with Gasteiger partial charge in [0, 0.05) is 17.1 Å². The molecule has 0 saturated carbocycles. The van der Waals surface area contributed by atoms with Gasteiger partial charge >= 0.3 is 5.69 Å². The van der Waals surface area contributed by atoms with Gasteiger partial charge in [0.15, 0.2) is 5.75 Å². The summed E-state index contributed by atoms with van der Waals surface area (Å²) in [5.41, 5.74) is 1.40. The minimum atomic E-state index is -0.446. The molecule has 0 amide bonds. The van der Waals surface area contributed by atoms with E-state index in [1.165, 1.54) is 7.11 Å². The zero-order chi connectivity index (χ0) is 14.5. The van der Waals surface area contributed by atoms with Gasteiger partial charge in [-0.05, 0) is 11.6 Å². The van der Waals surface area contributed by atoms with Crippen LogP contribution in [0.5, 0.6) is 5.75 Å². The normalized spacial score (nSPS) is 10.1. The number of nitrogens with zero attached hydrogens (tertiary/aromatic N) is 1. The molecule has 0 fully saturated rings. The SMILES string of the molecule is COc1cc(Br)cc(NCc2ccccc2)c1[N+](=O)[O-]. The van der Waals surface area contributed by atoms with E-state index >= 15 is 0 Å². The Morgan fingerprint density at radius 3 is 2.60 bits per heavy atom. The smallest absolute Gasteiger partial charge is 0.333 e. The predicted molar refractivity (Wildman–Crippen MR) is 81.1 cm³/mol. The van der Waals surface area contributed by atoms with E-state index in [2.05, 4.69) is 21.2 Å². The number of nitrogens with one attached hydrogen (secondary N) is 1. The predicted octanol–water partition coefficient (Wildman–Crippen LogP) is 3.98. The number of anilines is 1. The molecule has 0 saturated heterocycles. The second-order valence-corrected chi connectivity index (χ2v) is 5.02. The third-order valence-electron chi connectivity index (χ3n) is 2.77. The highest BCUT2D eigenvalue weighted by Gasteiger charge is 2.21. The summed E-state index contributed by atoms with van der Waals surface area (Å²) >= 11 is 3.32. The molecule has 0 aromatic heterocycles. The number of methoxy groups -OCH3 is 1. The van der Waals surface area contributed by atoms with E-state index in [1.807, 2.05) is 30.3 Å². The maximum absolute atomic E-state index is 11.2. The van der Waals surface area contributed by atoms with Crippen LogP contribution < -0.4 is 10.1 Å². The first-order valence-electron chi connectivity index (χ1n) is 5.91. The fourth-order valence-corrected chi connectivity index (χ4v) is 2.28. The Hall–Kier alpha value is -2.08. The molecule has 0 aliphatic heterocycles. The summed E-state index contributed by atoms with van der Waals surface area (Å²) in [6, 6.07) is 12.9. The Morgan fingerprint density at radius 1 is 1.30 bits per heavy atom. The Bertz CT molecular complexity index is 617. The summed E-state index contributed by atoms with van der Waals surface area (Å²) in [5, 5.41) is 14.3. The van der Waals surface area contributed by atoms with Gasteiger partial charge in [0.2, 0.25) is 0 Å². The number of nitro benzene ring substituents is 1. The maximum atomic E-state index is 11.2. The van der Waals surface area contributed by atoms with Crippen molar-refractivity contribution in [3.8, 4) is 5.75 Å². The first-order chi connectivity index (χ1) is 9.61. The highest BCUT2D eigenvalue weighted by molar-refractivity contribution is 9.10. The molecule has 2 aromatic rings. The van der Waals surface area contributed by atoms with Gasteiger partial charge in [-0.2, -0.15) is 0 Å². The lowest BCUT2D eigenvalue weighted by atomic mass is 10.2. The van der Waals surface area contributed by atoms with E-state index in [9.17, 15) is 10.1 Å². The van der Waals surface area contributed by atoms with E-state index in [-0.39, 0.29) is 11.4 Å². The minimum absolute atomic E-state index is 0.0633. The lowest BCUT2D eigenvalue weighted by Crippen LogP contribution is -2.04. The molecule has 0 unspecified atom stereocenters. The van der Waals surface area contributed by atoms with Gasteiger partial charge in [-0.3, -0.25) is 10.1 Å². The third kappa shape index (κ3) is 3.27. The molecule has 6 heteroatoms. The van der Waals surface area contributed by atoms with Crippen LogP contribution in [0.3, 0.4) is 0 Å². The zero-order valence-corrected chi connectivity index (χ0v) is 12.4. The van der Waals surface area contributed by atoms with Gasteiger partial charge in [-0.15, -0.1) is 0 Å². The number of ether oxygens (including phenoxy) is 1. The molecular weight excluding hydrogens is 324 g/mol. The van der Waals surface area contributed by atoms with E-state index < -0.39 is 4.92 Å². The van der Waals surface area contributed by atoms with Crippen LogP contribution in [0.4, 0.5) is 11.4 Å². The van der Waals surface area contributed by atoms with Crippen molar-refractivity contribution in [3.63, 3.8) is 0 Å². The van der Waals surface area contributed by atoms with Crippen molar-refractivity contribution in [3.05, 3.63) is 62.6 Å². The van der Waals surface area contributed by atoms with Crippen LogP contribution in [0.2, 0.25) is 0 Å². The van der Waals surface area contributed by atoms with E-state index in [1.54, 1.807) is 12.1 Å². The van der Waals surface area contributed by atoms with Crippen molar-refractivity contribution in [2.75, 3.05) is 12.4 Å². The molecule has 1 N–H and O–H groups in total. The van der Waals surface area contributed by atoms with Gasteiger partial charge in [0.1, 0.15) is 5.69 Å². The van der Waals surface area contributed by atoms with Crippen molar-refractivity contribution >= 4 is 27.3 Å². The van der Waals surface area contributed by atoms with Crippen LogP contribution in [0.25, 0.3) is 0 Å². The summed E-state index contributed by atoms with van der Waals surface area (Å²) in [4.78, 5) is 10.7. The van der Waals surface area contributed by atoms with Crippen LogP contribution in [0.15, 0.2) is 46.9 Å². The van der Waals surface area contributed by atoms with E-state index in [4.69, 9.17) is 4.74 Å². The van der Waals surface area contributed by atoms with Crippen molar-refractivity contribution in [1.82, 2.24) is 0 Å². The number of benzene rings is 2. The second-order valence-electron chi connectivity index (χ2n) is 4.10. The van der Waals surface area contributed by atoms with Gasteiger partial charge in [-0.25, -0.2) is 0 Å². The van der Waals surface area contributed by atoms with Gasteiger partial charge in [0.05, 0.1) is 12.0 Å². The van der Waals surface area contributed by atoms with Gasteiger partial charge in [0.25, 0.3) is 0 Å². The van der Waals surface area contributed by atoms with Crippen LogP contribution in [-0.4, -0.2) is 12.0 Å². The molecule has 0 spiro atoms. The average Bonchev–Trinajstić information content (AvgIpc) is 2.45. The zero-order valence-electron chi connectivity index (χ0n) is 10.8. The maximum Gasteiger partial charge on any atom is 0.333 e. The fraction of sp³-hybridized carbons (Fsp3) is 0.143. The Kier molecular flexibility index (Phi) is 4.57. The number of nitro groups is 1. The molecule has 2 aromatic carbocycles. The van der Waals surface area contributed by atoms with Crippen LogP contribution in [-0.2, 0) is 6.54 Å². The highest BCUT2D eigenvalue weighted by Crippen LogP contribution is 2.38. The molecule has 5 nitrogen and oxygen atoms in total. The van der Waals surface area contributed by atoms with E-state index in [0.717, 1.165) is 10.0 Å². The third-order valence-corrected chi connectivity index (χ3v) is 3.23. The Morgan fingerprint density at radius 2 is 2.00 bits per heavy atom. The highest BCUT2D eigenvalue weighted by atomic mass is 79.9. The molecule has 0 atom stereocenters. The van der Waals surface area contributed by atoms with Crippen molar-refractivity contribution in [2.24, 2.45) is 0 Å². The quantitative estimate of drug-likeness (QED) is 0.662. The molecule has 0 aliphatic carbocycles. The summed E-state index contributed by atoms with van der Waals surface area (Å²) in [5.74, 6) is 0.222. The summed E-state index contributed by atoms with van der Waals surface area (Å²) in [6.45, 7) is 0.501. The first-order valence-corrected chi connectivity index (χ1v) is 6.71. The van der Waals surface area contributed by atoms with Crippen molar-refractivity contribution in [2.45, 2.75) is 6.54 Å². The largest absolute Gasteiger partial charge is 0.490 e. The van der Waals surface area contributed by atoms with Gasteiger partial charge in [-0.1, -0.05) is 46.3 Å². The van der Waals surface area contributed by atoms with Crippen LogP contribution in [0, 0.1) is 10.1 Å². The molecule has 20 heavy (non-hydrogen) atoms. The summed E-state index contributed by atoms with van der Waals surface area (Å²) in [6.07, 6.45) is 0. The lowest BCUT2D eigenvalue weighted by Gasteiger charge is -2.10. The molecule has 2 rings (SSSR count). The average molecular weight is 337 g/mol. The number of hydrogen-bond acceptors (Lipinski definition) is 4. The second kappa shape index (κ2) is 6.38. The fourth-order valence-electron chi connectivity index (χ4n) is 1.85. The summed E-state index contributed by atoms with van der Waals surface area (Å²) < 4.78 is 5.79. The van der Waals surface area contributed by atoms with E-state index in [0.29, 0.717) is 12.2 Å². The number of hydrogen-bond donors (Lipinski definition) is 1. The molecule has 0 radical (unpaired) electrons. The minimum Gasteiger partial charge on any atom is -0.490 e. The van der Waals surface area contributed by atoms with Gasteiger partial charge < -0.3 is 10.1 Å². The molecule has 104 valence electrons. The number of halogens is 1. The Balaban J connectivity index is 2.30. The standard InChI is InChI=1S/C14H13BrN2O3/c1-20-13-8-11(15)7-12(14(13)17(18)19)16-9-10-5-3-2-4-6-10/h2-8,16H,9H2,1H3. The molecule has 0 aliphatic rings.